The van der Waals surface area contributed by atoms with Gasteiger partial charge < -0.3 is 0 Å². The maximum Gasteiger partial charge on any atom is 0.168 e. The van der Waals surface area contributed by atoms with Crippen molar-refractivity contribution in [2.24, 2.45) is 5.92 Å². The van der Waals surface area contributed by atoms with Gasteiger partial charge in [0.1, 0.15) is 11.6 Å². The van der Waals surface area contributed by atoms with Crippen molar-refractivity contribution in [1.82, 2.24) is 0 Å². The summed E-state index contributed by atoms with van der Waals surface area (Å²) in [6.07, 6.45) is 0. The molecule has 0 aromatic heterocycles. The molecule has 5 heteroatoms. The summed E-state index contributed by atoms with van der Waals surface area (Å²) in [5.74, 6) is -2.54. The van der Waals surface area contributed by atoms with Gasteiger partial charge in [0.05, 0.1) is 15.7 Å². The molecule has 0 amide bonds. The molecule has 86 valence electrons. The minimum Gasteiger partial charge on any atom is -0.294 e. The number of ketones is 1. The van der Waals surface area contributed by atoms with Crippen molar-refractivity contribution in [2.75, 3.05) is 0 Å². The fourth-order valence-corrected chi connectivity index (χ4v) is 3.27. The molecule has 1 aliphatic rings. The molecule has 3 atom stereocenters. The van der Waals surface area contributed by atoms with E-state index in [1.165, 1.54) is 0 Å². The van der Waals surface area contributed by atoms with E-state index in [9.17, 15) is 17.8 Å². The Kier molecular flexibility index (Phi) is 2.66. The fourth-order valence-electron chi connectivity index (χ4n) is 1.78. The summed E-state index contributed by atoms with van der Waals surface area (Å²) in [7, 11) is -1.59. The number of hydrogen-bond donors (Lipinski definition) is 0. The number of halogens is 2. The van der Waals surface area contributed by atoms with Gasteiger partial charge in [0, 0.05) is 22.8 Å². The first-order chi connectivity index (χ1) is 7.43. The predicted octanol–water partition coefficient (Wildman–Crippen LogP) is 2.29. The van der Waals surface area contributed by atoms with Crippen molar-refractivity contribution in [1.29, 1.82) is 0 Å². The quantitative estimate of drug-likeness (QED) is 0.701. The van der Waals surface area contributed by atoms with Crippen molar-refractivity contribution < 1.29 is 17.8 Å². The minimum absolute atomic E-state index is 0.0820. The monoisotopic (exact) mass is 244 g/mol. The van der Waals surface area contributed by atoms with E-state index in [1.807, 2.05) is 0 Å². The average molecular weight is 244 g/mol. The van der Waals surface area contributed by atoms with Crippen molar-refractivity contribution >= 4 is 16.6 Å². The molecule has 0 bridgehead atoms. The van der Waals surface area contributed by atoms with Crippen LogP contribution in [-0.4, -0.2) is 15.2 Å². The van der Waals surface area contributed by atoms with E-state index in [0.29, 0.717) is 6.07 Å². The van der Waals surface area contributed by atoms with Crippen molar-refractivity contribution in [3.05, 3.63) is 29.3 Å². The van der Waals surface area contributed by atoms with E-state index < -0.39 is 33.6 Å². The van der Waals surface area contributed by atoms with Crippen LogP contribution >= 0.6 is 0 Å². The van der Waals surface area contributed by atoms with Gasteiger partial charge in [0.25, 0.3) is 0 Å². The number of fused-ring (bicyclic) bond motifs is 1. The number of Topliss-reactive ketones (excluding diaryl/α,β-unsaturated/α-hetero) is 1. The van der Waals surface area contributed by atoms with Gasteiger partial charge in [-0.25, -0.2) is 8.78 Å². The van der Waals surface area contributed by atoms with Crippen LogP contribution in [0.4, 0.5) is 8.78 Å². The highest BCUT2D eigenvalue weighted by Gasteiger charge is 2.37. The Balaban J connectivity index is 2.73. The highest BCUT2D eigenvalue weighted by atomic mass is 32.2. The molecule has 2 nitrogen and oxygen atoms in total. The van der Waals surface area contributed by atoms with E-state index >= 15 is 0 Å². The number of carbonyl (C=O) groups is 1. The number of rotatable bonds is 0. The molecule has 1 aromatic rings. The molecule has 16 heavy (non-hydrogen) atoms. The van der Waals surface area contributed by atoms with Crippen LogP contribution in [0.2, 0.25) is 0 Å². The smallest absolute Gasteiger partial charge is 0.168 e. The molecule has 0 N–H and O–H groups in total. The largest absolute Gasteiger partial charge is 0.294 e. The standard InChI is InChI=1S/C11H10F2O2S/c1-5-6(2)16(15)11-8(10(5)14)3-7(12)4-9(11)13/h3-6H,1-2H3. The lowest BCUT2D eigenvalue weighted by Gasteiger charge is -2.26. The molecule has 0 saturated carbocycles. The van der Waals surface area contributed by atoms with Gasteiger partial charge in [0.15, 0.2) is 5.78 Å². The van der Waals surface area contributed by atoms with Crippen LogP contribution in [0.1, 0.15) is 24.2 Å². The van der Waals surface area contributed by atoms with Gasteiger partial charge in [-0.3, -0.25) is 9.00 Å². The van der Waals surface area contributed by atoms with Crippen LogP contribution < -0.4 is 0 Å². The molecule has 0 spiro atoms. The topological polar surface area (TPSA) is 34.1 Å². The molecule has 0 saturated heterocycles. The summed E-state index contributed by atoms with van der Waals surface area (Å²) in [6, 6.07) is 1.62. The second-order valence-electron chi connectivity index (χ2n) is 3.92. The van der Waals surface area contributed by atoms with Crippen molar-refractivity contribution in [3.8, 4) is 0 Å². The zero-order valence-corrected chi connectivity index (χ0v) is 9.61. The Morgan fingerprint density at radius 1 is 1.25 bits per heavy atom. The normalized spacial score (nSPS) is 29.0. The molecule has 1 aliphatic heterocycles. The molecule has 0 fully saturated rings. The third-order valence-corrected chi connectivity index (χ3v) is 4.83. The molecule has 2 rings (SSSR count). The van der Waals surface area contributed by atoms with Gasteiger partial charge in [-0.05, 0) is 13.0 Å². The van der Waals surface area contributed by atoms with Crippen LogP contribution in [-0.2, 0) is 10.8 Å². The summed E-state index contributed by atoms with van der Waals surface area (Å²) in [5, 5.41) is -0.444. The first-order valence-corrected chi connectivity index (χ1v) is 6.08. The van der Waals surface area contributed by atoms with E-state index in [1.54, 1.807) is 13.8 Å². The van der Waals surface area contributed by atoms with E-state index in [4.69, 9.17) is 0 Å². The molecular formula is C11H10F2O2S. The van der Waals surface area contributed by atoms with Crippen molar-refractivity contribution in [3.63, 3.8) is 0 Å². The molecule has 1 aromatic carbocycles. The van der Waals surface area contributed by atoms with Crippen LogP contribution in [0, 0.1) is 17.6 Å². The summed E-state index contributed by atoms with van der Waals surface area (Å²) >= 11 is 0. The summed E-state index contributed by atoms with van der Waals surface area (Å²) < 4.78 is 38.4. The minimum atomic E-state index is -1.59. The van der Waals surface area contributed by atoms with Crippen LogP contribution in [0.5, 0.6) is 0 Å². The van der Waals surface area contributed by atoms with Gasteiger partial charge in [0.2, 0.25) is 0 Å². The van der Waals surface area contributed by atoms with E-state index in [-0.39, 0.29) is 16.2 Å². The Bertz CT molecular complexity index is 499. The lowest BCUT2D eigenvalue weighted by atomic mass is 9.96. The first kappa shape index (κ1) is 11.4. The number of carbonyl (C=O) groups excluding carboxylic acids is 1. The third kappa shape index (κ3) is 1.50. The highest BCUT2D eigenvalue weighted by molar-refractivity contribution is 7.86. The second kappa shape index (κ2) is 3.73. The average Bonchev–Trinajstić information content (AvgIpc) is 2.22. The Hall–Kier alpha value is -1.10. The lowest BCUT2D eigenvalue weighted by molar-refractivity contribution is 0.0920. The van der Waals surface area contributed by atoms with Crippen LogP contribution in [0.25, 0.3) is 0 Å². The van der Waals surface area contributed by atoms with Crippen LogP contribution in [0.3, 0.4) is 0 Å². The van der Waals surface area contributed by atoms with Crippen LogP contribution in [0.15, 0.2) is 17.0 Å². The predicted molar refractivity (Wildman–Crippen MR) is 55.7 cm³/mol. The Morgan fingerprint density at radius 2 is 1.88 bits per heavy atom. The van der Waals surface area contributed by atoms with Gasteiger partial charge in [-0.1, -0.05) is 6.92 Å². The fraction of sp³-hybridized carbons (Fsp3) is 0.364. The van der Waals surface area contributed by atoms with Gasteiger partial charge >= 0.3 is 0 Å². The zero-order chi connectivity index (χ0) is 12.0. The van der Waals surface area contributed by atoms with E-state index in [2.05, 4.69) is 0 Å². The maximum atomic E-state index is 13.5. The molecule has 1 heterocycles. The third-order valence-electron chi connectivity index (χ3n) is 2.93. The summed E-state index contributed by atoms with van der Waals surface area (Å²) in [5.41, 5.74) is -0.0820. The zero-order valence-electron chi connectivity index (χ0n) is 8.79. The van der Waals surface area contributed by atoms with E-state index in [0.717, 1.165) is 6.07 Å². The SMILES string of the molecule is CC1C(=O)c2cc(F)cc(F)c2S(=O)C1C. The second-order valence-corrected chi connectivity index (χ2v) is 5.67. The molecule has 0 aliphatic carbocycles. The highest BCUT2D eigenvalue weighted by Crippen LogP contribution is 2.32. The lowest BCUT2D eigenvalue weighted by Crippen LogP contribution is -2.34. The summed E-state index contributed by atoms with van der Waals surface area (Å²) in [6.45, 7) is 3.25. The van der Waals surface area contributed by atoms with Gasteiger partial charge in [-0.2, -0.15) is 0 Å². The number of hydrogen-bond acceptors (Lipinski definition) is 2. The van der Waals surface area contributed by atoms with Crippen molar-refractivity contribution in [2.45, 2.75) is 24.0 Å². The summed E-state index contributed by atoms with van der Waals surface area (Å²) in [4.78, 5) is 11.7. The molecular weight excluding hydrogens is 234 g/mol. The maximum absolute atomic E-state index is 13.5. The van der Waals surface area contributed by atoms with Gasteiger partial charge in [-0.15, -0.1) is 0 Å². The Labute approximate surface area is 94.1 Å². The number of benzene rings is 1. The molecule has 3 unspecified atom stereocenters. The Morgan fingerprint density at radius 3 is 2.50 bits per heavy atom. The first-order valence-electron chi connectivity index (χ1n) is 4.87. The molecule has 0 radical (unpaired) electrons.